The number of rotatable bonds is 4. The minimum Gasteiger partial charge on any atom is -0.326 e. The Hall–Kier alpha value is -1.84. The van der Waals surface area contributed by atoms with Gasteiger partial charge in [0, 0.05) is 17.8 Å². The van der Waals surface area contributed by atoms with E-state index in [-0.39, 0.29) is 17.2 Å². The lowest BCUT2D eigenvalue weighted by atomic mass is 9.49. The van der Waals surface area contributed by atoms with Gasteiger partial charge in [0.15, 0.2) is 0 Å². The molecule has 2 amide bonds. The van der Waals surface area contributed by atoms with Crippen LogP contribution in [0.1, 0.15) is 57.4 Å². The second kappa shape index (κ2) is 6.15. The maximum atomic E-state index is 13.2. The molecule has 4 heteroatoms. The summed E-state index contributed by atoms with van der Waals surface area (Å²) in [6, 6.07) is 5.73. The SMILES string of the molecule is CCC(=O)Nc1cccc(NC(=O)C23CC4CC(CC(C4)C2)C3)c1C. The van der Waals surface area contributed by atoms with Crippen LogP contribution in [0.25, 0.3) is 0 Å². The summed E-state index contributed by atoms with van der Waals surface area (Å²) in [4.78, 5) is 24.9. The summed E-state index contributed by atoms with van der Waals surface area (Å²) < 4.78 is 0. The van der Waals surface area contributed by atoms with Crippen molar-refractivity contribution in [1.29, 1.82) is 0 Å². The Labute approximate surface area is 149 Å². The van der Waals surface area contributed by atoms with E-state index < -0.39 is 0 Å². The Kier molecular flexibility index (Phi) is 4.09. The average Bonchev–Trinajstić information content (AvgIpc) is 2.57. The highest BCUT2D eigenvalue weighted by molar-refractivity contribution is 5.98. The standard InChI is InChI=1S/C21H28N2O2/c1-3-19(24)22-17-5-4-6-18(13(17)2)23-20(25)21-10-14-7-15(11-21)9-16(8-14)12-21/h4-6,14-16H,3,7-12H2,1-2H3,(H,22,24)(H,23,25). The fraction of sp³-hybridized carbons (Fsp3) is 0.619. The normalized spacial score (nSPS) is 32.5. The van der Waals surface area contributed by atoms with Crippen molar-refractivity contribution >= 4 is 23.2 Å². The molecule has 0 heterocycles. The zero-order valence-electron chi connectivity index (χ0n) is 15.2. The van der Waals surface area contributed by atoms with E-state index in [0.29, 0.717) is 6.42 Å². The average molecular weight is 340 g/mol. The number of anilines is 2. The Balaban J connectivity index is 1.53. The van der Waals surface area contributed by atoms with E-state index in [9.17, 15) is 9.59 Å². The van der Waals surface area contributed by atoms with Crippen LogP contribution in [0, 0.1) is 30.1 Å². The second-order valence-electron chi connectivity index (χ2n) is 8.53. The predicted octanol–water partition coefficient (Wildman–Crippen LogP) is 4.50. The fourth-order valence-corrected chi connectivity index (χ4v) is 5.79. The lowest BCUT2D eigenvalue weighted by molar-refractivity contribution is -0.140. The first-order valence-corrected chi connectivity index (χ1v) is 9.70. The Morgan fingerprint density at radius 2 is 1.52 bits per heavy atom. The summed E-state index contributed by atoms with van der Waals surface area (Å²) in [7, 11) is 0. The summed E-state index contributed by atoms with van der Waals surface area (Å²) in [5.74, 6) is 2.47. The van der Waals surface area contributed by atoms with Gasteiger partial charge in [-0.1, -0.05) is 13.0 Å². The van der Waals surface area contributed by atoms with Crippen molar-refractivity contribution in [2.45, 2.75) is 58.8 Å². The second-order valence-corrected chi connectivity index (χ2v) is 8.53. The van der Waals surface area contributed by atoms with Crippen LogP contribution in [0.2, 0.25) is 0 Å². The van der Waals surface area contributed by atoms with Crippen molar-refractivity contribution in [3.8, 4) is 0 Å². The summed E-state index contributed by atoms with van der Waals surface area (Å²) in [5, 5.41) is 6.13. The Morgan fingerprint density at radius 3 is 2.04 bits per heavy atom. The third kappa shape index (κ3) is 2.96. The molecule has 4 saturated carbocycles. The summed E-state index contributed by atoms with van der Waals surface area (Å²) in [6.07, 6.45) is 7.66. The third-order valence-electron chi connectivity index (χ3n) is 6.70. The van der Waals surface area contributed by atoms with E-state index in [1.807, 2.05) is 32.0 Å². The molecular formula is C21H28N2O2. The molecule has 0 unspecified atom stereocenters. The molecule has 4 bridgehead atoms. The largest absolute Gasteiger partial charge is 0.326 e. The molecule has 0 spiro atoms. The zero-order valence-corrected chi connectivity index (χ0v) is 15.2. The first-order chi connectivity index (χ1) is 12.0. The molecular weight excluding hydrogens is 312 g/mol. The quantitative estimate of drug-likeness (QED) is 0.848. The van der Waals surface area contributed by atoms with Crippen molar-refractivity contribution in [2.24, 2.45) is 23.2 Å². The van der Waals surface area contributed by atoms with Crippen molar-refractivity contribution in [3.63, 3.8) is 0 Å². The molecule has 0 aliphatic heterocycles. The molecule has 4 aliphatic carbocycles. The third-order valence-corrected chi connectivity index (χ3v) is 6.70. The van der Waals surface area contributed by atoms with Gasteiger partial charge in [-0.3, -0.25) is 9.59 Å². The molecule has 0 aromatic heterocycles. The number of amides is 2. The minimum absolute atomic E-state index is 0.00680. The molecule has 1 aromatic rings. The molecule has 25 heavy (non-hydrogen) atoms. The number of hydrogen-bond donors (Lipinski definition) is 2. The van der Waals surface area contributed by atoms with Gasteiger partial charge in [0.25, 0.3) is 0 Å². The van der Waals surface area contributed by atoms with Gasteiger partial charge in [-0.05, 0) is 80.9 Å². The van der Waals surface area contributed by atoms with Gasteiger partial charge in [-0.2, -0.15) is 0 Å². The van der Waals surface area contributed by atoms with Crippen LogP contribution < -0.4 is 10.6 Å². The Morgan fingerprint density at radius 1 is 1.00 bits per heavy atom. The van der Waals surface area contributed by atoms with Gasteiger partial charge in [0.2, 0.25) is 11.8 Å². The number of nitrogens with one attached hydrogen (secondary N) is 2. The predicted molar refractivity (Wildman–Crippen MR) is 99.3 cm³/mol. The molecule has 0 atom stereocenters. The zero-order chi connectivity index (χ0) is 17.6. The van der Waals surface area contributed by atoms with Crippen LogP contribution in [0.3, 0.4) is 0 Å². The summed E-state index contributed by atoms with van der Waals surface area (Å²) in [6.45, 7) is 3.80. The molecule has 0 radical (unpaired) electrons. The van der Waals surface area contributed by atoms with E-state index in [2.05, 4.69) is 10.6 Å². The maximum absolute atomic E-state index is 13.2. The first-order valence-electron chi connectivity index (χ1n) is 9.70. The molecule has 4 nitrogen and oxygen atoms in total. The highest BCUT2D eigenvalue weighted by Crippen LogP contribution is 2.60. The van der Waals surface area contributed by atoms with Crippen molar-refractivity contribution < 1.29 is 9.59 Å². The summed E-state index contributed by atoms with van der Waals surface area (Å²) >= 11 is 0. The van der Waals surface area contributed by atoms with Crippen LogP contribution in [-0.4, -0.2) is 11.8 Å². The van der Waals surface area contributed by atoms with Gasteiger partial charge in [-0.15, -0.1) is 0 Å². The lowest BCUT2D eigenvalue weighted by Gasteiger charge is -2.55. The van der Waals surface area contributed by atoms with Crippen LogP contribution in [-0.2, 0) is 9.59 Å². The molecule has 2 N–H and O–H groups in total. The molecule has 4 fully saturated rings. The van der Waals surface area contributed by atoms with Crippen molar-refractivity contribution in [3.05, 3.63) is 23.8 Å². The van der Waals surface area contributed by atoms with Gasteiger partial charge in [-0.25, -0.2) is 0 Å². The highest BCUT2D eigenvalue weighted by Gasteiger charge is 2.54. The number of hydrogen-bond acceptors (Lipinski definition) is 2. The highest BCUT2D eigenvalue weighted by atomic mass is 16.2. The first kappa shape index (κ1) is 16.6. The number of carbonyl (C=O) groups excluding carboxylic acids is 2. The smallest absolute Gasteiger partial charge is 0.230 e. The van der Waals surface area contributed by atoms with E-state index in [1.54, 1.807) is 0 Å². The van der Waals surface area contributed by atoms with E-state index in [4.69, 9.17) is 0 Å². The lowest BCUT2D eigenvalue weighted by Crippen LogP contribution is -2.51. The van der Waals surface area contributed by atoms with Crippen LogP contribution >= 0.6 is 0 Å². The van der Waals surface area contributed by atoms with Gasteiger partial charge < -0.3 is 10.6 Å². The Bertz CT molecular complexity index is 675. The van der Waals surface area contributed by atoms with Gasteiger partial charge in [0.1, 0.15) is 0 Å². The number of carbonyl (C=O) groups is 2. The molecule has 4 aliphatic rings. The van der Waals surface area contributed by atoms with Crippen molar-refractivity contribution in [2.75, 3.05) is 10.6 Å². The van der Waals surface area contributed by atoms with E-state index in [0.717, 1.165) is 54.0 Å². The van der Waals surface area contributed by atoms with E-state index in [1.165, 1.54) is 19.3 Å². The molecule has 5 rings (SSSR count). The minimum atomic E-state index is -0.149. The van der Waals surface area contributed by atoms with E-state index >= 15 is 0 Å². The topological polar surface area (TPSA) is 58.2 Å². The molecule has 1 aromatic carbocycles. The maximum Gasteiger partial charge on any atom is 0.230 e. The van der Waals surface area contributed by atoms with Crippen LogP contribution in [0.5, 0.6) is 0 Å². The number of benzene rings is 1. The van der Waals surface area contributed by atoms with Crippen LogP contribution in [0.4, 0.5) is 11.4 Å². The monoisotopic (exact) mass is 340 g/mol. The van der Waals surface area contributed by atoms with Crippen LogP contribution in [0.15, 0.2) is 18.2 Å². The van der Waals surface area contributed by atoms with Gasteiger partial charge in [0.05, 0.1) is 5.41 Å². The molecule has 134 valence electrons. The van der Waals surface area contributed by atoms with Crippen molar-refractivity contribution in [1.82, 2.24) is 0 Å². The fourth-order valence-electron chi connectivity index (χ4n) is 5.79. The van der Waals surface area contributed by atoms with Gasteiger partial charge >= 0.3 is 0 Å². The summed E-state index contributed by atoms with van der Waals surface area (Å²) in [5.41, 5.74) is 2.40. The molecule has 0 saturated heterocycles.